The smallest absolute Gasteiger partial charge is 0.305 e. The Hall–Kier alpha value is -2.47. The highest BCUT2D eigenvalue weighted by Crippen LogP contribution is 2.22. The number of hydrogen-bond donors (Lipinski definition) is 1. The van der Waals surface area contributed by atoms with Gasteiger partial charge in [-0.2, -0.15) is 4.39 Å². The lowest BCUT2D eigenvalue weighted by Gasteiger charge is -2.12. The van der Waals surface area contributed by atoms with Crippen molar-refractivity contribution in [2.24, 2.45) is 0 Å². The first-order valence-electron chi connectivity index (χ1n) is 6.36. The van der Waals surface area contributed by atoms with E-state index in [1.54, 1.807) is 7.11 Å². The number of benzene rings is 2. The van der Waals surface area contributed by atoms with E-state index in [0.29, 0.717) is 6.61 Å². The molecule has 0 saturated heterocycles. The van der Waals surface area contributed by atoms with Crippen molar-refractivity contribution in [2.75, 3.05) is 12.4 Å². The number of hydrogen-bond acceptors (Lipinski definition) is 4. The topological polar surface area (TPSA) is 64.4 Å². The lowest BCUT2D eigenvalue weighted by molar-refractivity contribution is -0.387. The van der Waals surface area contributed by atoms with E-state index < -0.39 is 16.4 Å². The van der Waals surface area contributed by atoms with Crippen LogP contribution in [0.1, 0.15) is 11.1 Å². The Balaban J connectivity index is 2.17. The van der Waals surface area contributed by atoms with E-state index in [1.165, 1.54) is 12.1 Å². The lowest BCUT2D eigenvalue weighted by Crippen LogP contribution is -2.06. The van der Waals surface area contributed by atoms with Gasteiger partial charge in [0.15, 0.2) is 0 Å². The third kappa shape index (κ3) is 3.55. The molecule has 0 radical (unpaired) electrons. The van der Waals surface area contributed by atoms with Crippen LogP contribution in [0.4, 0.5) is 15.8 Å². The maximum absolute atomic E-state index is 14.0. The monoisotopic (exact) mass is 290 g/mol. The molecular formula is C15H15FN2O3. The molecule has 0 amide bonds. The second-order valence-corrected chi connectivity index (χ2v) is 4.45. The van der Waals surface area contributed by atoms with Gasteiger partial charge in [-0.1, -0.05) is 30.3 Å². The number of rotatable bonds is 6. The van der Waals surface area contributed by atoms with Crippen LogP contribution in [0.3, 0.4) is 0 Å². The van der Waals surface area contributed by atoms with Crippen LogP contribution in [0.15, 0.2) is 42.5 Å². The number of ether oxygens (including phenoxy) is 1. The van der Waals surface area contributed by atoms with Crippen LogP contribution in [0, 0.1) is 15.9 Å². The van der Waals surface area contributed by atoms with Gasteiger partial charge in [0.25, 0.3) is 0 Å². The minimum absolute atomic E-state index is 0.161. The summed E-state index contributed by atoms with van der Waals surface area (Å²) >= 11 is 0. The summed E-state index contributed by atoms with van der Waals surface area (Å²) < 4.78 is 19.1. The number of halogens is 1. The average molecular weight is 290 g/mol. The van der Waals surface area contributed by atoms with Crippen LogP contribution in [-0.2, 0) is 17.9 Å². The van der Waals surface area contributed by atoms with Gasteiger partial charge in [-0.3, -0.25) is 10.1 Å². The highest BCUT2D eigenvalue weighted by atomic mass is 19.1. The Morgan fingerprint density at radius 1 is 1.19 bits per heavy atom. The Bertz CT molecular complexity index is 647. The first-order valence-corrected chi connectivity index (χ1v) is 6.36. The third-order valence-electron chi connectivity index (χ3n) is 3.04. The minimum atomic E-state index is -0.806. The molecular weight excluding hydrogens is 275 g/mol. The van der Waals surface area contributed by atoms with Crippen molar-refractivity contribution in [3.8, 4) is 0 Å². The summed E-state index contributed by atoms with van der Waals surface area (Å²) in [6.07, 6.45) is 0. The zero-order valence-corrected chi connectivity index (χ0v) is 11.5. The van der Waals surface area contributed by atoms with Crippen molar-refractivity contribution in [1.29, 1.82) is 0 Å². The SMILES string of the molecule is COCc1ccccc1NCc1cccc([N+](=O)[O-])c1F. The van der Waals surface area contributed by atoms with Crippen LogP contribution < -0.4 is 5.32 Å². The quantitative estimate of drug-likeness (QED) is 0.653. The molecule has 0 saturated carbocycles. The fourth-order valence-electron chi connectivity index (χ4n) is 2.01. The molecule has 5 nitrogen and oxygen atoms in total. The molecule has 0 aliphatic heterocycles. The summed E-state index contributed by atoms with van der Waals surface area (Å²) in [5, 5.41) is 13.8. The molecule has 2 aromatic rings. The Kier molecular flexibility index (Phi) is 4.84. The number of para-hydroxylation sites is 1. The fraction of sp³-hybridized carbons (Fsp3) is 0.200. The van der Waals surface area contributed by atoms with Gasteiger partial charge in [-0.05, 0) is 6.07 Å². The number of nitrogens with one attached hydrogen (secondary N) is 1. The second-order valence-electron chi connectivity index (χ2n) is 4.45. The van der Waals surface area contributed by atoms with Crippen LogP contribution in [-0.4, -0.2) is 12.0 Å². The standard InChI is InChI=1S/C15H15FN2O3/c1-21-10-12-5-2-3-7-13(12)17-9-11-6-4-8-14(15(11)16)18(19)20/h2-8,17H,9-10H2,1H3. The molecule has 0 atom stereocenters. The van der Waals surface area contributed by atoms with Crippen molar-refractivity contribution in [1.82, 2.24) is 0 Å². The number of nitro benzene ring substituents is 1. The maximum Gasteiger partial charge on any atom is 0.305 e. The van der Waals surface area contributed by atoms with Crippen molar-refractivity contribution < 1.29 is 14.1 Å². The molecule has 0 aliphatic carbocycles. The summed E-state index contributed by atoms with van der Waals surface area (Å²) in [5.41, 5.74) is 1.48. The lowest BCUT2D eigenvalue weighted by atomic mass is 10.1. The van der Waals surface area contributed by atoms with Gasteiger partial charge in [-0.25, -0.2) is 0 Å². The van der Waals surface area contributed by atoms with E-state index in [4.69, 9.17) is 4.74 Å². The summed E-state index contributed by atoms with van der Waals surface area (Å²) in [7, 11) is 1.59. The number of anilines is 1. The molecule has 21 heavy (non-hydrogen) atoms. The van der Waals surface area contributed by atoms with Crippen LogP contribution in [0.2, 0.25) is 0 Å². The van der Waals surface area contributed by atoms with E-state index in [0.717, 1.165) is 17.3 Å². The normalized spacial score (nSPS) is 10.4. The van der Waals surface area contributed by atoms with Crippen molar-refractivity contribution >= 4 is 11.4 Å². The predicted molar refractivity (Wildman–Crippen MR) is 77.5 cm³/mol. The molecule has 0 fully saturated rings. The third-order valence-corrected chi connectivity index (χ3v) is 3.04. The second kappa shape index (κ2) is 6.81. The molecule has 0 bridgehead atoms. The molecule has 6 heteroatoms. The van der Waals surface area contributed by atoms with E-state index >= 15 is 0 Å². The van der Waals surface area contributed by atoms with Gasteiger partial charge in [0, 0.05) is 36.5 Å². The summed E-state index contributed by atoms with van der Waals surface area (Å²) in [6.45, 7) is 0.592. The summed E-state index contributed by atoms with van der Waals surface area (Å²) in [4.78, 5) is 9.99. The van der Waals surface area contributed by atoms with Gasteiger partial charge in [0.2, 0.25) is 5.82 Å². The molecule has 0 aliphatic rings. The summed E-state index contributed by atoms with van der Waals surface area (Å²) in [5.74, 6) is -0.806. The van der Waals surface area contributed by atoms with Crippen LogP contribution in [0.25, 0.3) is 0 Å². The van der Waals surface area contributed by atoms with Crippen molar-refractivity contribution in [2.45, 2.75) is 13.2 Å². The molecule has 0 spiro atoms. The Morgan fingerprint density at radius 2 is 1.90 bits per heavy atom. The van der Waals surface area contributed by atoms with E-state index in [9.17, 15) is 14.5 Å². The van der Waals surface area contributed by atoms with Gasteiger partial charge >= 0.3 is 5.69 Å². The first-order chi connectivity index (χ1) is 10.1. The Labute approximate surface area is 121 Å². The van der Waals surface area contributed by atoms with Gasteiger partial charge in [0.1, 0.15) is 0 Å². The first kappa shape index (κ1) is 14.9. The molecule has 0 unspecified atom stereocenters. The predicted octanol–water partition coefficient (Wildman–Crippen LogP) is 3.49. The van der Waals surface area contributed by atoms with Crippen LogP contribution in [0.5, 0.6) is 0 Å². The maximum atomic E-state index is 14.0. The van der Waals surface area contributed by atoms with E-state index in [-0.39, 0.29) is 12.1 Å². The molecule has 2 rings (SSSR count). The molecule has 110 valence electrons. The Morgan fingerprint density at radius 3 is 2.62 bits per heavy atom. The zero-order chi connectivity index (χ0) is 15.2. The van der Waals surface area contributed by atoms with Crippen LogP contribution >= 0.6 is 0 Å². The molecule has 1 N–H and O–H groups in total. The number of nitro groups is 1. The van der Waals surface area contributed by atoms with Crippen molar-refractivity contribution in [3.05, 3.63) is 69.5 Å². The number of nitrogens with zero attached hydrogens (tertiary/aromatic N) is 1. The zero-order valence-electron chi connectivity index (χ0n) is 11.5. The van der Waals surface area contributed by atoms with Gasteiger partial charge in [-0.15, -0.1) is 0 Å². The van der Waals surface area contributed by atoms with Gasteiger partial charge in [0.05, 0.1) is 11.5 Å². The van der Waals surface area contributed by atoms with E-state index in [1.807, 2.05) is 24.3 Å². The molecule has 2 aromatic carbocycles. The molecule has 0 aromatic heterocycles. The minimum Gasteiger partial charge on any atom is -0.381 e. The molecule has 0 heterocycles. The van der Waals surface area contributed by atoms with Gasteiger partial charge < -0.3 is 10.1 Å². The summed E-state index contributed by atoms with van der Waals surface area (Å²) in [6, 6.07) is 11.6. The largest absolute Gasteiger partial charge is 0.381 e. The van der Waals surface area contributed by atoms with E-state index in [2.05, 4.69) is 5.32 Å². The average Bonchev–Trinajstić information content (AvgIpc) is 2.47. The highest BCUT2D eigenvalue weighted by Gasteiger charge is 2.16. The van der Waals surface area contributed by atoms with Crippen molar-refractivity contribution in [3.63, 3.8) is 0 Å². The fourth-order valence-corrected chi connectivity index (χ4v) is 2.01. The number of methoxy groups -OCH3 is 1. The highest BCUT2D eigenvalue weighted by molar-refractivity contribution is 5.51.